The van der Waals surface area contributed by atoms with Gasteiger partial charge in [-0.2, -0.15) is 0 Å². The minimum Gasteiger partial charge on any atom is -0.390 e. The van der Waals surface area contributed by atoms with Gasteiger partial charge in [0.2, 0.25) is 0 Å². The Morgan fingerprint density at radius 2 is 1.46 bits per heavy atom. The lowest BCUT2D eigenvalue weighted by molar-refractivity contribution is -0.118. The van der Waals surface area contributed by atoms with Crippen molar-refractivity contribution in [3.63, 3.8) is 0 Å². The molecule has 5 heteroatoms. The first-order valence-corrected chi connectivity index (χ1v) is 10.8. The highest BCUT2D eigenvalue weighted by atomic mass is 16.7. The van der Waals surface area contributed by atoms with Crippen molar-refractivity contribution < 1.29 is 24.4 Å². The molecule has 0 spiro atoms. The van der Waals surface area contributed by atoms with Gasteiger partial charge in [-0.05, 0) is 19.3 Å². The fourth-order valence-electron chi connectivity index (χ4n) is 3.37. The summed E-state index contributed by atoms with van der Waals surface area (Å²) in [6, 6.07) is 0. The topological polar surface area (TPSA) is 71.5 Å². The molecule has 0 aromatic carbocycles. The summed E-state index contributed by atoms with van der Waals surface area (Å²) in [6.45, 7) is 3.09. The zero-order valence-corrected chi connectivity index (χ0v) is 17.0. The average Bonchev–Trinajstić information content (AvgIpc) is 3.48. The van der Waals surface area contributed by atoms with E-state index in [2.05, 4.69) is 6.92 Å². The molecule has 1 saturated heterocycles. The van der Waals surface area contributed by atoms with E-state index in [0.29, 0.717) is 19.4 Å². The number of hydrogen-bond donors (Lipinski definition) is 2. The lowest BCUT2D eigenvalue weighted by Gasteiger charge is -2.24. The molecule has 1 fully saturated rings. The quantitative estimate of drug-likeness (QED) is 0.201. The molecule has 0 aromatic heterocycles. The van der Waals surface area contributed by atoms with Crippen LogP contribution in [0.15, 0.2) is 0 Å². The minimum atomic E-state index is -0.558. The lowest BCUT2D eigenvalue weighted by Crippen LogP contribution is -2.31. The van der Waals surface area contributed by atoms with E-state index in [4.69, 9.17) is 14.2 Å². The van der Waals surface area contributed by atoms with Gasteiger partial charge in [-0.25, -0.2) is 0 Å². The summed E-state index contributed by atoms with van der Waals surface area (Å²) in [7, 11) is 1.60. The normalized spacial score (nSPS) is 20.1. The summed E-state index contributed by atoms with van der Waals surface area (Å²) < 4.78 is 15.7. The van der Waals surface area contributed by atoms with Crippen molar-refractivity contribution in [2.45, 2.75) is 115 Å². The highest BCUT2D eigenvalue weighted by molar-refractivity contribution is 4.80. The van der Waals surface area contributed by atoms with Crippen LogP contribution in [0.3, 0.4) is 0 Å². The summed E-state index contributed by atoms with van der Waals surface area (Å²) >= 11 is 0. The second-order valence-corrected chi connectivity index (χ2v) is 7.67. The maximum Gasteiger partial charge on any atom is 0.146 e. The van der Waals surface area contributed by atoms with Gasteiger partial charge in [0.25, 0.3) is 0 Å². The first-order valence-electron chi connectivity index (χ1n) is 10.8. The highest BCUT2D eigenvalue weighted by Crippen LogP contribution is 2.21. The second kappa shape index (κ2) is 15.8. The van der Waals surface area contributed by atoms with Gasteiger partial charge in [0.15, 0.2) is 0 Å². The molecule has 1 aliphatic rings. The van der Waals surface area contributed by atoms with Crippen molar-refractivity contribution in [3.05, 3.63) is 0 Å². The molecule has 0 bridgehead atoms. The van der Waals surface area contributed by atoms with Crippen LogP contribution in [0.5, 0.6) is 0 Å². The van der Waals surface area contributed by atoms with E-state index in [1.54, 1.807) is 7.11 Å². The number of aliphatic hydroxyl groups is 2. The number of unbranched alkanes of at least 4 members (excludes halogenated alkanes) is 9. The van der Waals surface area contributed by atoms with Gasteiger partial charge in [0.1, 0.15) is 12.9 Å². The van der Waals surface area contributed by atoms with Crippen LogP contribution in [0.1, 0.15) is 90.4 Å². The lowest BCUT2D eigenvalue weighted by atomic mass is 9.99. The van der Waals surface area contributed by atoms with Crippen LogP contribution in [-0.2, 0) is 14.2 Å². The maximum absolute atomic E-state index is 10.4. The molecule has 0 amide bonds. The summed E-state index contributed by atoms with van der Waals surface area (Å²) in [5, 5.41) is 20.3. The van der Waals surface area contributed by atoms with Gasteiger partial charge in [0.05, 0.1) is 24.9 Å². The van der Waals surface area contributed by atoms with Crippen molar-refractivity contribution >= 4 is 0 Å². The smallest absolute Gasteiger partial charge is 0.146 e. The van der Waals surface area contributed by atoms with E-state index >= 15 is 0 Å². The Morgan fingerprint density at radius 1 is 0.885 bits per heavy atom. The molecule has 4 atom stereocenters. The Bertz CT molecular complexity index is 309. The molecule has 1 heterocycles. The number of rotatable bonds is 19. The molecule has 2 N–H and O–H groups in total. The summed E-state index contributed by atoms with van der Waals surface area (Å²) in [5.41, 5.74) is 0. The summed E-state index contributed by atoms with van der Waals surface area (Å²) in [6.07, 6.45) is 13.7. The zero-order chi connectivity index (χ0) is 19.0. The van der Waals surface area contributed by atoms with Crippen LogP contribution in [0.2, 0.25) is 0 Å². The molecule has 0 aliphatic carbocycles. The molecule has 0 aromatic rings. The van der Waals surface area contributed by atoms with Crippen LogP contribution in [-0.4, -0.2) is 55.1 Å². The molecule has 0 radical (unpaired) electrons. The average molecular weight is 375 g/mol. The first kappa shape index (κ1) is 23.8. The molecule has 156 valence electrons. The van der Waals surface area contributed by atoms with Crippen molar-refractivity contribution in [1.29, 1.82) is 0 Å². The van der Waals surface area contributed by atoms with Gasteiger partial charge in [-0.3, -0.25) is 0 Å². The predicted octanol–water partition coefficient (Wildman–Crippen LogP) is 4.19. The van der Waals surface area contributed by atoms with E-state index in [9.17, 15) is 10.2 Å². The molecule has 0 saturated carbocycles. The minimum absolute atomic E-state index is 0.0254. The Hall–Kier alpha value is -0.200. The standard InChI is InChI=1S/C21H42O5/c1-3-4-5-6-7-8-9-10-11-12-13-20(26-17-24-2)18(22)14-15-19(23)21-16-25-21/h18-23H,3-17H2,1-2H3/t18-,19+,20-,21+/m1/s1. The first-order chi connectivity index (χ1) is 12.7. The van der Waals surface area contributed by atoms with Crippen LogP contribution >= 0.6 is 0 Å². The summed E-state index contributed by atoms with van der Waals surface area (Å²) in [5.74, 6) is 0. The predicted molar refractivity (Wildman–Crippen MR) is 104 cm³/mol. The van der Waals surface area contributed by atoms with E-state index in [0.717, 1.165) is 12.8 Å². The van der Waals surface area contributed by atoms with Gasteiger partial charge >= 0.3 is 0 Å². The fraction of sp³-hybridized carbons (Fsp3) is 1.00. The third kappa shape index (κ3) is 12.2. The van der Waals surface area contributed by atoms with E-state index in [1.165, 1.54) is 57.8 Å². The molecule has 1 rings (SSSR count). The zero-order valence-electron chi connectivity index (χ0n) is 17.0. The highest BCUT2D eigenvalue weighted by Gasteiger charge is 2.32. The number of hydrogen-bond acceptors (Lipinski definition) is 5. The molecule has 1 aliphatic heterocycles. The van der Waals surface area contributed by atoms with Crippen LogP contribution in [0.25, 0.3) is 0 Å². The van der Waals surface area contributed by atoms with Gasteiger partial charge < -0.3 is 24.4 Å². The Labute approximate surface area is 160 Å². The van der Waals surface area contributed by atoms with Crippen LogP contribution in [0.4, 0.5) is 0 Å². The summed E-state index contributed by atoms with van der Waals surface area (Å²) in [4.78, 5) is 0. The largest absolute Gasteiger partial charge is 0.390 e. The number of methoxy groups -OCH3 is 1. The van der Waals surface area contributed by atoms with E-state index < -0.39 is 12.2 Å². The van der Waals surface area contributed by atoms with E-state index in [-0.39, 0.29) is 19.0 Å². The maximum atomic E-state index is 10.4. The monoisotopic (exact) mass is 374 g/mol. The molecule has 0 unspecified atom stereocenters. The third-order valence-electron chi connectivity index (χ3n) is 5.22. The second-order valence-electron chi connectivity index (χ2n) is 7.67. The number of ether oxygens (including phenoxy) is 3. The fourth-order valence-corrected chi connectivity index (χ4v) is 3.37. The molecule has 26 heavy (non-hydrogen) atoms. The Balaban J connectivity index is 2.06. The Kier molecular flexibility index (Phi) is 14.5. The molecular formula is C21H42O5. The van der Waals surface area contributed by atoms with Crippen LogP contribution < -0.4 is 0 Å². The molecule has 5 nitrogen and oxygen atoms in total. The van der Waals surface area contributed by atoms with Gasteiger partial charge in [0, 0.05) is 7.11 Å². The van der Waals surface area contributed by atoms with Crippen molar-refractivity contribution in [3.8, 4) is 0 Å². The van der Waals surface area contributed by atoms with Gasteiger partial charge in [-0.1, -0.05) is 71.1 Å². The van der Waals surface area contributed by atoms with Crippen LogP contribution in [0, 0.1) is 0 Å². The third-order valence-corrected chi connectivity index (χ3v) is 5.22. The molecular weight excluding hydrogens is 332 g/mol. The van der Waals surface area contributed by atoms with Crippen molar-refractivity contribution in [1.82, 2.24) is 0 Å². The van der Waals surface area contributed by atoms with Crippen molar-refractivity contribution in [2.24, 2.45) is 0 Å². The number of epoxide rings is 1. The SMILES string of the molecule is CCCCCCCCCCCC[C@@H](OCOC)[C@H](O)CC[C@H](O)[C@@H]1CO1. The Morgan fingerprint density at radius 3 is 2.00 bits per heavy atom. The van der Waals surface area contributed by atoms with Crippen molar-refractivity contribution in [2.75, 3.05) is 20.5 Å². The van der Waals surface area contributed by atoms with E-state index in [1.807, 2.05) is 0 Å². The van der Waals surface area contributed by atoms with Gasteiger partial charge in [-0.15, -0.1) is 0 Å². The number of aliphatic hydroxyl groups excluding tert-OH is 2.